The number of ether oxygens (including phenoxy) is 1. The van der Waals surface area contributed by atoms with Crippen molar-refractivity contribution in [3.8, 4) is 5.75 Å². The Morgan fingerprint density at radius 3 is 2.71 bits per heavy atom. The molecule has 1 aromatic carbocycles. The second-order valence-electron chi connectivity index (χ2n) is 5.09. The first kappa shape index (κ1) is 13.9. The maximum Gasteiger partial charge on any atom is 0.196 e. The minimum absolute atomic E-state index is 0.629. The summed E-state index contributed by atoms with van der Waals surface area (Å²) in [5.41, 5.74) is 2.81. The summed E-state index contributed by atoms with van der Waals surface area (Å²) in [6.07, 6.45) is 1.65. The van der Waals surface area contributed by atoms with Crippen molar-refractivity contribution >= 4 is 17.2 Å². The van der Waals surface area contributed by atoms with Gasteiger partial charge < -0.3 is 4.74 Å². The maximum absolute atomic E-state index is 6.13. The minimum Gasteiger partial charge on any atom is -0.494 e. The molecule has 0 spiro atoms. The predicted molar refractivity (Wildman–Crippen MR) is 82.1 cm³/mol. The molecule has 2 aromatic heterocycles. The molecule has 0 radical (unpaired) electrons. The van der Waals surface area contributed by atoms with Gasteiger partial charge in [0.1, 0.15) is 10.8 Å². The lowest BCUT2D eigenvalue weighted by molar-refractivity contribution is 0.309. The molecule has 1 N–H and O–H groups in total. The van der Waals surface area contributed by atoms with E-state index in [2.05, 4.69) is 22.2 Å². The van der Waals surface area contributed by atoms with Crippen molar-refractivity contribution in [2.24, 2.45) is 0 Å². The second kappa shape index (κ2) is 5.77. The average Bonchev–Trinajstić information content (AvgIpc) is 2.99. The first-order valence-electron chi connectivity index (χ1n) is 6.92. The number of fused-ring (bicyclic) bond motifs is 1. The van der Waals surface area contributed by atoms with E-state index in [-0.39, 0.29) is 0 Å². The van der Waals surface area contributed by atoms with E-state index in [1.807, 2.05) is 35.7 Å². The Kier molecular flexibility index (Phi) is 3.84. The standard InChI is InChI=1S/C15H17ClN4O/c1-10-5-7-12(8-6-10)21-9-3-4-13-17-18-15-14(16)11(2)19-20(13)15/h5-8,19H,3-4,9H2,1-2H3. The number of halogens is 1. The van der Waals surface area contributed by atoms with E-state index in [0.717, 1.165) is 30.1 Å². The largest absolute Gasteiger partial charge is 0.494 e. The van der Waals surface area contributed by atoms with Crippen molar-refractivity contribution in [2.75, 3.05) is 6.61 Å². The highest BCUT2D eigenvalue weighted by Crippen LogP contribution is 2.20. The number of aromatic nitrogens is 4. The lowest BCUT2D eigenvalue weighted by Gasteiger charge is -2.05. The molecule has 0 amide bonds. The summed E-state index contributed by atoms with van der Waals surface area (Å²) < 4.78 is 7.54. The Hall–Kier alpha value is -2.01. The maximum atomic E-state index is 6.13. The quantitative estimate of drug-likeness (QED) is 0.736. The third kappa shape index (κ3) is 2.88. The highest BCUT2D eigenvalue weighted by Gasteiger charge is 2.12. The summed E-state index contributed by atoms with van der Waals surface area (Å²) in [6, 6.07) is 8.06. The van der Waals surface area contributed by atoms with Crippen molar-refractivity contribution in [1.29, 1.82) is 0 Å². The normalized spacial score (nSPS) is 11.2. The van der Waals surface area contributed by atoms with Gasteiger partial charge in [-0.25, -0.2) is 4.52 Å². The average molecular weight is 305 g/mol. The van der Waals surface area contributed by atoms with Crippen LogP contribution < -0.4 is 4.74 Å². The van der Waals surface area contributed by atoms with Gasteiger partial charge in [0.25, 0.3) is 0 Å². The molecule has 0 fully saturated rings. The van der Waals surface area contributed by atoms with Gasteiger partial charge in [-0.2, -0.15) is 0 Å². The van der Waals surface area contributed by atoms with Crippen molar-refractivity contribution in [3.05, 3.63) is 46.4 Å². The molecule has 0 unspecified atom stereocenters. The number of H-pyrrole nitrogens is 1. The molecule has 0 aliphatic rings. The van der Waals surface area contributed by atoms with Crippen LogP contribution >= 0.6 is 11.6 Å². The van der Waals surface area contributed by atoms with Crippen molar-refractivity contribution in [1.82, 2.24) is 19.8 Å². The number of hydrogen-bond acceptors (Lipinski definition) is 3. The number of hydrogen-bond donors (Lipinski definition) is 1. The molecule has 3 aromatic rings. The van der Waals surface area contributed by atoms with Crippen LogP contribution in [0.15, 0.2) is 24.3 Å². The summed E-state index contributed by atoms with van der Waals surface area (Å²) in [6.45, 7) is 4.62. The zero-order chi connectivity index (χ0) is 14.8. The Morgan fingerprint density at radius 1 is 1.19 bits per heavy atom. The topological polar surface area (TPSA) is 55.2 Å². The molecule has 0 atom stereocenters. The lowest BCUT2D eigenvalue weighted by Crippen LogP contribution is -2.02. The predicted octanol–water partition coefficient (Wildman–Crippen LogP) is 3.34. The van der Waals surface area contributed by atoms with Gasteiger partial charge in [0.05, 0.1) is 12.3 Å². The SMILES string of the molecule is Cc1ccc(OCCCc2nnc3c(Cl)c(C)[nH]n23)cc1. The molecule has 0 aliphatic carbocycles. The molecule has 6 heteroatoms. The lowest BCUT2D eigenvalue weighted by atomic mass is 10.2. The van der Waals surface area contributed by atoms with Gasteiger partial charge in [0.15, 0.2) is 11.5 Å². The van der Waals surface area contributed by atoms with Crippen molar-refractivity contribution < 1.29 is 4.74 Å². The summed E-state index contributed by atoms with van der Waals surface area (Å²) >= 11 is 6.13. The molecule has 5 nitrogen and oxygen atoms in total. The molecular weight excluding hydrogens is 288 g/mol. The minimum atomic E-state index is 0.629. The molecule has 2 heterocycles. The third-order valence-electron chi connectivity index (χ3n) is 3.37. The first-order chi connectivity index (χ1) is 10.1. The zero-order valence-electron chi connectivity index (χ0n) is 12.1. The second-order valence-corrected chi connectivity index (χ2v) is 5.47. The Morgan fingerprint density at radius 2 is 1.95 bits per heavy atom. The third-order valence-corrected chi connectivity index (χ3v) is 3.82. The van der Waals surface area contributed by atoms with Crippen LogP contribution in [0.1, 0.15) is 23.5 Å². The molecule has 110 valence electrons. The number of benzene rings is 1. The molecular formula is C15H17ClN4O. The van der Waals surface area contributed by atoms with E-state index in [1.54, 1.807) is 0 Å². The van der Waals surface area contributed by atoms with Crippen LogP contribution in [0.4, 0.5) is 0 Å². The number of nitrogens with zero attached hydrogens (tertiary/aromatic N) is 3. The summed E-state index contributed by atoms with van der Waals surface area (Å²) in [5, 5.41) is 12.0. The number of aryl methyl sites for hydroxylation is 3. The van der Waals surface area contributed by atoms with Crippen LogP contribution in [-0.2, 0) is 6.42 Å². The summed E-state index contributed by atoms with van der Waals surface area (Å²) in [7, 11) is 0. The smallest absolute Gasteiger partial charge is 0.196 e. The number of rotatable bonds is 5. The van der Waals surface area contributed by atoms with Crippen LogP contribution in [-0.4, -0.2) is 26.4 Å². The summed E-state index contributed by atoms with van der Waals surface area (Å²) in [5.74, 6) is 1.76. The van der Waals surface area contributed by atoms with Gasteiger partial charge in [-0.05, 0) is 32.4 Å². The van der Waals surface area contributed by atoms with E-state index < -0.39 is 0 Å². The summed E-state index contributed by atoms with van der Waals surface area (Å²) in [4.78, 5) is 0. The highest BCUT2D eigenvalue weighted by molar-refractivity contribution is 6.34. The molecule has 0 aliphatic heterocycles. The van der Waals surface area contributed by atoms with E-state index in [9.17, 15) is 0 Å². The Labute approximate surface area is 127 Å². The first-order valence-corrected chi connectivity index (χ1v) is 7.30. The van der Waals surface area contributed by atoms with E-state index in [1.165, 1.54) is 5.56 Å². The van der Waals surface area contributed by atoms with E-state index >= 15 is 0 Å². The highest BCUT2D eigenvalue weighted by atomic mass is 35.5. The van der Waals surface area contributed by atoms with Gasteiger partial charge in [-0.1, -0.05) is 29.3 Å². The number of aromatic amines is 1. The molecule has 0 bridgehead atoms. The molecule has 3 rings (SSSR count). The Bertz CT molecular complexity index is 745. The fourth-order valence-corrected chi connectivity index (χ4v) is 2.34. The van der Waals surface area contributed by atoms with E-state index in [4.69, 9.17) is 16.3 Å². The zero-order valence-corrected chi connectivity index (χ0v) is 12.8. The van der Waals surface area contributed by atoms with Crippen LogP contribution in [0.5, 0.6) is 5.75 Å². The van der Waals surface area contributed by atoms with Gasteiger partial charge >= 0.3 is 0 Å². The fraction of sp³-hybridized carbons (Fsp3) is 0.333. The van der Waals surface area contributed by atoms with Crippen LogP contribution in [0.3, 0.4) is 0 Å². The van der Waals surface area contributed by atoms with Crippen molar-refractivity contribution in [3.63, 3.8) is 0 Å². The monoisotopic (exact) mass is 304 g/mol. The van der Waals surface area contributed by atoms with Gasteiger partial charge in [0.2, 0.25) is 0 Å². The van der Waals surface area contributed by atoms with Crippen LogP contribution in [0.2, 0.25) is 5.02 Å². The molecule has 0 saturated heterocycles. The van der Waals surface area contributed by atoms with Crippen LogP contribution in [0, 0.1) is 13.8 Å². The van der Waals surface area contributed by atoms with Crippen LogP contribution in [0.25, 0.3) is 5.65 Å². The van der Waals surface area contributed by atoms with Gasteiger partial charge in [-0.3, -0.25) is 5.10 Å². The van der Waals surface area contributed by atoms with Crippen molar-refractivity contribution in [2.45, 2.75) is 26.7 Å². The van der Waals surface area contributed by atoms with E-state index in [0.29, 0.717) is 17.3 Å². The van der Waals surface area contributed by atoms with Gasteiger partial charge in [0, 0.05) is 6.42 Å². The molecule has 0 saturated carbocycles. The molecule has 21 heavy (non-hydrogen) atoms. The Balaban J connectivity index is 1.57. The fourth-order valence-electron chi connectivity index (χ4n) is 2.18. The number of nitrogens with one attached hydrogen (secondary N) is 1. The van der Waals surface area contributed by atoms with Gasteiger partial charge in [-0.15, -0.1) is 10.2 Å².